The smallest absolute Gasteiger partial charge is 0.264 e. The zero-order valence-corrected chi connectivity index (χ0v) is 62.1. The number of carbonyl (C=O) groups excluding carboxylic acids is 10. The maximum absolute atomic E-state index is 8.12. The van der Waals surface area contributed by atoms with E-state index < -0.39 is 0 Å². The second kappa shape index (κ2) is 67.9. The molecule has 0 spiro atoms. The van der Waals surface area contributed by atoms with Crippen molar-refractivity contribution in [3.05, 3.63) is 226 Å². The Labute approximate surface area is 604 Å². The summed E-state index contributed by atoms with van der Waals surface area (Å²) < 4.78 is 0. The fourth-order valence-electron chi connectivity index (χ4n) is 5.98. The number of hydrogen-bond donors (Lipinski definition) is 0. The van der Waals surface area contributed by atoms with Gasteiger partial charge in [0.15, 0.2) is 10.3 Å². The van der Waals surface area contributed by atoms with Crippen molar-refractivity contribution in [1.29, 1.82) is 0 Å². The summed E-state index contributed by atoms with van der Waals surface area (Å²) in [4.78, 5) is 105. The molecule has 9 aromatic rings. The van der Waals surface area contributed by atoms with E-state index in [0.29, 0.717) is 63.6 Å². The van der Waals surface area contributed by atoms with Gasteiger partial charge < -0.3 is 0 Å². The van der Waals surface area contributed by atoms with E-state index in [9.17, 15) is 0 Å². The summed E-state index contributed by atoms with van der Waals surface area (Å²) in [5.41, 5.74) is 11.8. The second-order valence-corrected chi connectivity index (χ2v) is 23.3. The minimum absolute atomic E-state index is 0. The fraction of sp³-hybridized carbons (Fsp3) is 0.411. The molecule has 0 fully saturated rings. The average molecular weight is 1430 g/mol. The van der Waals surface area contributed by atoms with Gasteiger partial charge >= 0.3 is 30.8 Å². The minimum atomic E-state index is 0. The van der Waals surface area contributed by atoms with Crippen LogP contribution in [-0.4, -0.2) is 112 Å². The summed E-state index contributed by atoms with van der Waals surface area (Å²) in [6.07, 6.45) is 20.7. The zero-order chi connectivity index (χ0) is 77.2. The number of pyridine rings is 2. The Morgan fingerprint density at radius 1 is 0.267 bits per heavy atom. The maximum Gasteiger partial charge on any atom is 0.373 e. The summed E-state index contributed by atoms with van der Waals surface area (Å²) in [5, 5.41) is 39.8. The Morgan fingerprint density at radius 3 is 0.683 bits per heavy atom. The maximum atomic E-state index is 8.12. The molecule has 101 heavy (non-hydrogen) atoms. The number of halogens is 2. The van der Waals surface area contributed by atoms with Crippen LogP contribution in [0.4, 0.5) is 0 Å². The van der Waals surface area contributed by atoms with Crippen LogP contribution in [0.5, 0.6) is 0 Å². The van der Waals surface area contributed by atoms with E-state index in [-0.39, 0.29) is 38.2 Å². The molecular weight excluding hydrogens is 1330 g/mol. The highest BCUT2D eigenvalue weighted by Crippen LogP contribution is 2.15. The second-order valence-electron chi connectivity index (χ2n) is 22.6. The number of hydrogen-bond acceptors (Lipinski definition) is 26. The Morgan fingerprint density at radius 2 is 0.525 bits per heavy atom. The monoisotopic (exact) mass is 1430 g/mol. The Hall–Kier alpha value is -10.7. The van der Waals surface area contributed by atoms with Gasteiger partial charge in [0.2, 0.25) is 0 Å². The van der Waals surface area contributed by atoms with Gasteiger partial charge in [-0.05, 0) is 151 Å². The summed E-state index contributed by atoms with van der Waals surface area (Å²) in [6, 6.07) is 27.3. The van der Waals surface area contributed by atoms with Crippen LogP contribution in [0.3, 0.4) is 0 Å². The van der Waals surface area contributed by atoms with Gasteiger partial charge in [0.1, 0.15) is 0 Å². The Kier molecular flexibility index (Phi) is 68.1. The third-order valence-electron chi connectivity index (χ3n) is 11.5. The van der Waals surface area contributed by atoms with Crippen LogP contribution in [-0.2, 0) is 47.9 Å². The van der Waals surface area contributed by atoms with E-state index in [1.165, 1.54) is 11.1 Å². The SMILES string of the molecule is C.CC(C)c1ccc(Cl)nn1.CC(C)c1ccc(Cl)nn1.CC(C)c1cccnc1.CC(C)c1cccnc1.CC(C)c1cccnn1.CC(C)c1cnccn1.CC(C)c1cnccn1.Cc1ccc(C(C)C)nn1.Cc1ccc(C(C)C)nn1.O=C=O.O=C=O.O=C=O.O=C=O.O=C=O. The third kappa shape index (κ3) is 61.4. The van der Waals surface area contributed by atoms with E-state index in [4.69, 9.17) is 71.1 Å². The molecule has 9 aromatic heterocycles. The van der Waals surface area contributed by atoms with E-state index in [1.54, 1.807) is 67.9 Å². The third-order valence-corrected chi connectivity index (χ3v) is 11.9. The van der Waals surface area contributed by atoms with Gasteiger partial charge in [-0.15, -0.1) is 10.2 Å². The highest BCUT2D eigenvalue weighted by atomic mass is 35.5. The van der Waals surface area contributed by atoms with Gasteiger partial charge in [0.25, 0.3) is 0 Å². The summed E-state index contributed by atoms with van der Waals surface area (Å²) in [6.45, 7) is 41.9. The first-order valence-corrected chi connectivity index (χ1v) is 31.8. The molecule has 9 rings (SSSR count). The molecule has 26 nitrogen and oxygen atoms in total. The lowest BCUT2D eigenvalue weighted by atomic mass is 10.1. The first kappa shape index (κ1) is 101. The van der Waals surface area contributed by atoms with Crippen molar-refractivity contribution >= 4 is 54.0 Å². The summed E-state index contributed by atoms with van der Waals surface area (Å²) >= 11 is 11.1. The van der Waals surface area contributed by atoms with E-state index in [2.05, 4.69) is 218 Å². The summed E-state index contributed by atoms with van der Waals surface area (Å²) in [7, 11) is 0. The molecule has 0 atom stereocenters. The molecule has 0 aliphatic carbocycles. The van der Waals surface area contributed by atoms with Gasteiger partial charge in [-0.2, -0.15) is 88.7 Å². The summed E-state index contributed by atoms with van der Waals surface area (Å²) in [5.74, 6) is 4.45. The molecule has 0 saturated carbocycles. The van der Waals surface area contributed by atoms with E-state index in [1.807, 2.05) is 86.9 Å². The van der Waals surface area contributed by atoms with Gasteiger partial charge in [-0.25, -0.2) is 0 Å². The van der Waals surface area contributed by atoms with Crippen LogP contribution in [0.2, 0.25) is 10.3 Å². The van der Waals surface area contributed by atoms with Crippen molar-refractivity contribution in [3.63, 3.8) is 0 Å². The molecule has 0 unspecified atom stereocenters. The number of aryl methyl sites for hydroxylation is 2. The normalized spacial score (nSPS) is 9.02. The zero-order valence-electron chi connectivity index (χ0n) is 60.6. The predicted molar refractivity (Wildman–Crippen MR) is 381 cm³/mol. The molecule has 9 heterocycles. The fourth-order valence-corrected chi connectivity index (χ4v) is 6.18. The molecule has 544 valence electrons. The van der Waals surface area contributed by atoms with Gasteiger partial charge in [0.05, 0.1) is 51.2 Å². The molecular formula is C73H98Cl2N16O10. The lowest BCUT2D eigenvalue weighted by Crippen LogP contribution is -1.95. The van der Waals surface area contributed by atoms with Gasteiger partial charge in [0, 0.05) is 68.2 Å². The molecule has 0 aliphatic rings. The highest BCUT2D eigenvalue weighted by molar-refractivity contribution is 6.29. The highest BCUT2D eigenvalue weighted by Gasteiger charge is 2.04. The van der Waals surface area contributed by atoms with Crippen LogP contribution in [0.25, 0.3) is 0 Å². The Balaban J connectivity index is -0.000000245. The number of rotatable bonds is 9. The van der Waals surface area contributed by atoms with Gasteiger partial charge in [-0.1, -0.05) is 167 Å². The minimum Gasteiger partial charge on any atom is -0.264 e. The number of nitrogens with zero attached hydrogens (tertiary/aromatic N) is 16. The van der Waals surface area contributed by atoms with E-state index in [0.717, 1.165) is 51.2 Å². The van der Waals surface area contributed by atoms with Crippen molar-refractivity contribution in [2.45, 2.75) is 199 Å². The molecule has 0 N–H and O–H groups in total. The van der Waals surface area contributed by atoms with Crippen molar-refractivity contribution in [1.82, 2.24) is 80.9 Å². The van der Waals surface area contributed by atoms with Gasteiger partial charge in [-0.3, -0.25) is 29.9 Å². The molecule has 0 bridgehead atoms. The predicted octanol–water partition coefficient (Wildman–Crippen LogP) is 15.3. The quantitative estimate of drug-likeness (QED) is 0.129. The topological polar surface area (TPSA) is 377 Å². The van der Waals surface area contributed by atoms with Crippen LogP contribution < -0.4 is 0 Å². The molecule has 0 saturated heterocycles. The lowest BCUT2D eigenvalue weighted by molar-refractivity contribution is -0.193. The first-order valence-electron chi connectivity index (χ1n) is 31.0. The molecule has 0 amide bonds. The van der Waals surface area contributed by atoms with Crippen molar-refractivity contribution in [3.8, 4) is 0 Å². The lowest BCUT2D eigenvalue weighted by Gasteiger charge is -2.00. The molecule has 0 radical (unpaired) electrons. The largest absolute Gasteiger partial charge is 0.373 e. The van der Waals surface area contributed by atoms with E-state index >= 15 is 0 Å². The van der Waals surface area contributed by atoms with Crippen LogP contribution in [0.15, 0.2) is 153 Å². The first-order chi connectivity index (χ1) is 47.4. The van der Waals surface area contributed by atoms with Crippen LogP contribution in [0, 0.1) is 13.8 Å². The van der Waals surface area contributed by atoms with Crippen molar-refractivity contribution < 1.29 is 47.9 Å². The molecule has 0 aliphatic heterocycles. The average Bonchev–Trinajstić information content (AvgIpc) is 0.994. The molecule has 28 heteroatoms. The van der Waals surface area contributed by atoms with Crippen LogP contribution in [0.1, 0.15) is 248 Å². The van der Waals surface area contributed by atoms with Crippen molar-refractivity contribution in [2.75, 3.05) is 0 Å². The standard InChI is InChI=1S/2C8H12N2.2C8H11N.2C7H9ClN2.3C7H10N2.5CO2.CH4/c2*1-6(2)8-5-4-7(3)9-10-8;2*1-7(2)8-4-3-5-9-6-8;2*1-5(2)6-3-4-7(8)10-9-6;2*1-6(2)7-5-8-3-4-9-7;1-6(2)7-4-3-5-8-9-7;5*2-1-3;/h2*4-6H,1-3H3;2*3-7H,1-2H3;2*3-5H,1-2H3;3*3-6H,1-2H3;;;;;;1H4. The van der Waals surface area contributed by atoms with Crippen LogP contribution >= 0.6 is 23.2 Å². The Bertz CT molecular complexity index is 3010. The number of aromatic nitrogens is 16. The molecule has 0 aromatic carbocycles. The van der Waals surface area contributed by atoms with Crippen molar-refractivity contribution in [2.24, 2.45) is 0 Å².